The lowest BCUT2D eigenvalue weighted by molar-refractivity contribution is -0.0272. The normalized spacial score (nSPS) is 11.3. The molecule has 0 spiro atoms. The highest BCUT2D eigenvalue weighted by molar-refractivity contribution is 4.82. The topological polar surface area (TPSA) is 102 Å². The molecule has 0 aliphatic heterocycles. The Balaban J connectivity index is 3.02. The third-order valence-corrected chi connectivity index (χ3v) is 5.05. The molecule has 0 aliphatic carbocycles. The SMILES string of the molecule is C#CCOCCOCCOCCOCCOCCOCCOCCOCCOCCOCCOCCCCCC. The largest absolute Gasteiger partial charge is 0.379 e. The minimum Gasteiger partial charge on any atom is -0.379 e. The predicted molar refractivity (Wildman–Crippen MR) is 152 cm³/mol. The Morgan fingerprint density at radius 1 is 0.325 bits per heavy atom. The van der Waals surface area contributed by atoms with Gasteiger partial charge in [-0.15, -0.1) is 6.42 Å². The van der Waals surface area contributed by atoms with E-state index in [2.05, 4.69) is 12.8 Å². The minimum atomic E-state index is 0.311. The van der Waals surface area contributed by atoms with Crippen molar-refractivity contribution >= 4 is 0 Å². The van der Waals surface area contributed by atoms with Gasteiger partial charge < -0.3 is 52.1 Å². The van der Waals surface area contributed by atoms with Gasteiger partial charge >= 0.3 is 0 Å². The third kappa shape index (κ3) is 37.1. The Morgan fingerprint density at radius 2 is 0.575 bits per heavy atom. The molecule has 11 heteroatoms. The molecule has 40 heavy (non-hydrogen) atoms. The lowest BCUT2D eigenvalue weighted by Gasteiger charge is -2.09. The highest BCUT2D eigenvalue weighted by Crippen LogP contribution is 1.98. The zero-order valence-corrected chi connectivity index (χ0v) is 25.0. The van der Waals surface area contributed by atoms with E-state index in [-0.39, 0.29) is 0 Å². The summed E-state index contributed by atoms with van der Waals surface area (Å²) < 4.78 is 59.6. The molecule has 0 rings (SSSR count). The molecular weight excluding hydrogens is 524 g/mol. The van der Waals surface area contributed by atoms with E-state index in [0.29, 0.717) is 139 Å². The van der Waals surface area contributed by atoms with E-state index >= 15 is 0 Å². The summed E-state index contributed by atoms with van der Waals surface area (Å²) in [6.45, 7) is 14.0. The first-order valence-corrected chi connectivity index (χ1v) is 14.7. The van der Waals surface area contributed by atoms with Crippen LogP contribution in [0, 0.1) is 12.3 Å². The molecule has 0 bridgehead atoms. The van der Waals surface area contributed by atoms with Crippen molar-refractivity contribution in [3.8, 4) is 12.3 Å². The molecule has 0 atom stereocenters. The van der Waals surface area contributed by atoms with Crippen molar-refractivity contribution in [2.75, 3.05) is 145 Å². The van der Waals surface area contributed by atoms with Crippen molar-refractivity contribution < 1.29 is 52.1 Å². The second-order valence-electron chi connectivity index (χ2n) is 8.44. The molecule has 11 nitrogen and oxygen atoms in total. The Labute approximate surface area is 242 Å². The van der Waals surface area contributed by atoms with Gasteiger partial charge in [-0.25, -0.2) is 0 Å². The lowest BCUT2D eigenvalue weighted by atomic mass is 10.2. The maximum atomic E-state index is 5.52. The number of unbranched alkanes of at least 4 members (excludes halogenated alkanes) is 3. The molecule has 0 aromatic rings. The summed E-state index contributed by atoms with van der Waals surface area (Å²) in [4.78, 5) is 0. The van der Waals surface area contributed by atoms with Gasteiger partial charge in [-0.3, -0.25) is 0 Å². The molecule has 0 amide bonds. The molecule has 0 fully saturated rings. The summed E-state index contributed by atoms with van der Waals surface area (Å²) in [7, 11) is 0. The number of hydrogen-bond acceptors (Lipinski definition) is 11. The van der Waals surface area contributed by atoms with Gasteiger partial charge in [0.15, 0.2) is 0 Å². The van der Waals surface area contributed by atoms with Gasteiger partial charge in [-0.1, -0.05) is 32.1 Å². The maximum absolute atomic E-state index is 5.52. The Kier molecular flexibility index (Phi) is 37.3. The van der Waals surface area contributed by atoms with Gasteiger partial charge in [-0.2, -0.15) is 0 Å². The van der Waals surface area contributed by atoms with Crippen molar-refractivity contribution in [2.24, 2.45) is 0 Å². The summed E-state index contributed by atoms with van der Waals surface area (Å²) in [6, 6.07) is 0. The van der Waals surface area contributed by atoms with Crippen molar-refractivity contribution in [1.82, 2.24) is 0 Å². The Bertz CT molecular complexity index is 491. The van der Waals surface area contributed by atoms with E-state index in [9.17, 15) is 0 Å². The van der Waals surface area contributed by atoms with Crippen LogP contribution in [0.25, 0.3) is 0 Å². The molecule has 0 radical (unpaired) electrons. The van der Waals surface area contributed by atoms with E-state index in [1.807, 2.05) is 0 Å². The van der Waals surface area contributed by atoms with Crippen molar-refractivity contribution in [3.05, 3.63) is 0 Å². The zero-order valence-electron chi connectivity index (χ0n) is 25.0. The zero-order chi connectivity index (χ0) is 28.9. The second-order valence-corrected chi connectivity index (χ2v) is 8.44. The highest BCUT2D eigenvalue weighted by Gasteiger charge is 1.96. The fourth-order valence-corrected chi connectivity index (χ4v) is 2.96. The van der Waals surface area contributed by atoms with Crippen LogP contribution in [-0.4, -0.2) is 145 Å². The number of hydrogen-bond donors (Lipinski definition) is 0. The van der Waals surface area contributed by atoms with Crippen molar-refractivity contribution in [1.29, 1.82) is 0 Å². The highest BCUT2D eigenvalue weighted by atomic mass is 16.6. The molecule has 0 aromatic carbocycles. The molecular formula is C29H56O11. The van der Waals surface area contributed by atoms with Crippen LogP contribution in [0.5, 0.6) is 0 Å². The quantitative estimate of drug-likeness (QED) is 0.0807. The van der Waals surface area contributed by atoms with Crippen LogP contribution >= 0.6 is 0 Å². The minimum absolute atomic E-state index is 0.311. The molecule has 0 saturated heterocycles. The van der Waals surface area contributed by atoms with Crippen molar-refractivity contribution in [2.45, 2.75) is 32.6 Å². The van der Waals surface area contributed by atoms with Gasteiger partial charge in [0, 0.05) is 6.61 Å². The fourth-order valence-electron chi connectivity index (χ4n) is 2.96. The molecule has 0 N–H and O–H groups in total. The molecule has 0 unspecified atom stereocenters. The monoisotopic (exact) mass is 580 g/mol. The van der Waals surface area contributed by atoms with Crippen LogP contribution in [0.15, 0.2) is 0 Å². The standard InChI is InChI=1S/C29H56O11/c1-3-5-6-7-9-31-11-13-33-15-17-35-19-21-37-23-25-39-27-29-40-28-26-38-24-22-36-20-18-34-16-14-32-12-10-30-8-4-2/h2H,3,5-29H2,1H3. The summed E-state index contributed by atoms with van der Waals surface area (Å²) in [5, 5.41) is 0. The summed E-state index contributed by atoms with van der Waals surface area (Å²) in [6.07, 6.45) is 9.97. The molecule has 0 heterocycles. The average molecular weight is 581 g/mol. The summed E-state index contributed by atoms with van der Waals surface area (Å²) >= 11 is 0. The first-order chi connectivity index (χ1) is 19.9. The van der Waals surface area contributed by atoms with Gasteiger partial charge in [0.2, 0.25) is 0 Å². The first kappa shape index (κ1) is 39.1. The van der Waals surface area contributed by atoms with Crippen LogP contribution in [0.4, 0.5) is 0 Å². The van der Waals surface area contributed by atoms with Gasteiger partial charge in [0.25, 0.3) is 0 Å². The smallest absolute Gasteiger partial charge is 0.107 e. The van der Waals surface area contributed by atoms with E-state index in [0.717, 1.165) is 13.0 Å². The molecule has 238 valence electrons. The van der Waals surface area contributed by atoms with E-state index in [1.165, 1.54) is 19.3 Å². The fraction of sp³-hybridized carbons (Fsp3) is 0.931. The van der Waals surface area contributed by atoms with Gasteiger partial charge in [-0.05, 0) is 6.42 Å². The van der Waals surface area contributed by atoms with Crippen molar-refractivity contribution in [3.63, 3.8) is 0 Å². The van der Waals surface area contributed by atoms with Crippen LogP contribution in [0.3, 0.4) is 0 Å². The van der Waals surface area contributed by atoms with Crippen LogP contribution in [0.2, 0.25) is 0 Å². The van der Waals surface area contributed by atoms with Crippen LogP contribution in [0.1, 0.15) is 32.6 Å². The predicted octanol–water partition coefficient (Wildman–Crippen LogP) is 2.38. The summed E-state index contributed by atoms with van der Waals surface area (Å²) in [5.41, 5.74) is 0. The van der Waals surface area contributed by atoms with E-state index in [4.69, 9.17) is 58.5 Å². The number of terminal acetylenes is 1. The first-order valence-electron chi connectivity index (χ1n) is 14.7. The molecule has 0 aliphatic rings. The van der Waals surface area contributed by atoms with E-state index in [1.54, 1.807) is 0 Å². The molecule has 0 aromatic heterocycles. The lowest BCUT2D eigenvalue weighted by Crippen LogP contribution is -2.15. The van der Waals surface area contributed by atoms with Gasteiger partial charge in [0.05, 0.1) is 132 Å². The summed E-state index contributed by atoms with van der Waals surface area (Å²) in [5.74, 6) is 2.40. The maximum Gasteiger partial charge on any atom is 0.107 e. The third-order valence-electron chi connectivity index (χ3n) is 5.05. The Morgan fingerprint density at radius 3 is 0.825 bits per heavy atom. The molecule has 0 saturated carbocycles. The second kappa shape index (κ2) is 38.1. The average Bonchev–Trinajstić information content (AvgIpc) is 2.97. The Hall–Kier alpha value is -0.880. The van der Waals surface area contributed by atoms with Crippen LogP contribution < -0.4 is 0 Å². The van der Waals surface area contributed by atoms with Crippen LogP contribution in [-0.2, 0) is 52.1 Å². The van der Waals surface area contributed by atoms with E-state index < -0.39 is 0 Å². The number of ether oxygens (including phenoxy) is 11. The van der Waals surface area contributed by atoms with Gasteiger partial charge in [0.1, 0.15) is 6.61 Å². The number of rotatable bonds is 36.